The topological polar surface area (TPSA) is 41.4 Å². The van der Waals surface area contributed by atoms with Gasteiger partial charge in [0.2, 0.25) is 5.95 Å². The van der Waals surface area contributed by atoms with E-state index < -0.39 is 0 Å². The maximum Gasteiger partial charge on any atom is 0.259 e. The van der Waals surface area contributed by atoms with Crippen LogP contribution in [0.5, 0.6) is 0 Å². The summed E-state index contributed by atoms with van der Waals surface area (Å²) in [6.07, 6.45) is 1.01. The fourth-order valence-electron chi connectivity index (χ4n) is 3.63. The average Bonchev–Trinajstić information content (AvgIpc) is 2.73. The van der Waals surface area contributed by atoms with Crippen molar-refractivity contribution in [1.82, 2.24) is 14.5 Å². The molecule has 1 aliphatic heterocycles. The molecule has 2 heterocycles. The molecule has 0 unspecified atom stereocenters. The van der Waals surface area contributed by atoms with Crippen molar-refractivity contribution in [2.24, 2.45) is 0 Å². The number of aromatic nitrogens is 2. The number of nitrogens with zero attached hydrogens (tertiary/aromatic N) is 4. The zero-order valence-corrected chi connectivity index (χ0v) is 16.7. The van der Waals surface area contributed by atoms with E-state index in [1.165, 1.54) is 11.1 Å². The molecule has 144 valence electrons. The van der Waals surface area contributed by atoms with Crippen LogP contribution in [0.2, 0.25) is 0 Å². The predicted octanol–water partition coefficient (Wildman–Crippen LogP) is 3.99. The second-order valence-corrected chi connectivity index (χ2v) is 7.40. The molecule has 0 N–H and O–H groups in total. The normalized spacial score (nSPS) is 14.2. The van der Waals surface area contributed by atoms with Crippen molar-refractivity contribution < 1.29 is 0 Å². The first-order valence-corrected chi connectivity index (χ1v) is 9.77. The molecular formula is C23H26N4O. The van der Waals surface area contributed by atoms with E-state index in [4.69, 9.17) is 4.98 Å². The Balaban J connectivity index is 1.76. The zero-order chi connectivity index (χ0) is 19.7. The summed E-state index contributed by atoms with van der Waals surface area (Å²) in [6, 6.07) is 18.9. The van der Waals surface area contributed by atoms with Crippen LogP contribution in [0.1, 0.15) is 29.3 Å². The lowest BCUT2D eigenvalue weighted by Gasteiger charge is -2.38. The van der Waals surface area contributed by atoms with Gasteiger partial charge in [-0.15, -0.1) is 0 Å². The van der Waals surface area contributed by atoms with E-state index >= 15 is 0 Å². The molecule has 0 aliphatic carbocycles. The molecule has 1 aliphatic rings. The van der Waals surface area contributed by atoms with Gasteiger partial charge in [-0.1, -0.05) is 49.4 Å². The predicted molar refractivity (Wildman–Crippen MR) is 113 cm³/mol. The summed E-state index contributed by atoms with van der Waals surface area (Å²) in [7, 11) is 0. The number of rotatable bonds is 4. The standard InChI is InChI=1S/C23H26N4O/c1-4-19-10-12-21(13-11-19)26-15-25(14-20-8-6-5-7-9-20)16-27-22(28)17(2)18(3)24-23(26)27/h5-13H,4,14-16H2,1-3H3. The molecule has 0 fully saturated rings. The monoisotopic (exact) mass is 374 g/mol. The van der Waals surface area contributed by atoms with Crippen LogP contribution in [-0.4, -0.2) is 21.1 Å². The third-order valence-electron chi connectivity index (χ3n) is 5.45. The number of hydrogen-bond acceptors (Lipinski definition) is 4. The SMILES string of the molecule is CCc1ccc(N2CN(Cc3ccccc3)Cn3c2nc(C)c(C)c3=O)cc1. The van der Waals surface area contributed by atoms with Gasteiger partial charge in [-0.3, -0.25) is 19.2 Å². The summed E-state index contributed by atoms with van der Waals surface area (Å²) < 4.78 is 1.79. The molecule has 0 atom stereocenters. The molecule has 0 bridgehead atoms. The van der Waals surface area contributed by atoms with E-state index in [0.29, 0.717) is 18.9 Å². The van der Waals surface area contributed by atoms with Crippen molar-refractivity contribution in [3.63, 3.8) is 0 Å². The van der Waals surface area contributed by atoms with Crippen LogP contribution in [0.4, 0.5) is 11.6 Å². The van der Waals surface area contributed by atoms with E-state index in [-0.39, 0.29) is 5.56 Å². The largest absolute Gasteiger partial charge is 0.298 e. The minimum atomic E-state index is 0.0374. The third-order valence-corrected chi connectivity index (χ3v) is 5.45. The number of anilines is 2. The van der Waals surface area contributed by atoms with Crippen molar-refractivity contribution in [2.75, 3.05) is 11.6 Å². The van der Waals surface area contributed by atoms with E-state index in [9.17, 15) is 4.79 Å². The number of benzene rings is 2. The van der Waals surface area contributed by atoms with Crippen LogP contribution in [0.25, 0.3) is 0 Å². The molecule has 1 aromatic heterocycles. The van der Waals surface area contributed by atoms with Gasteiger partial charge in [-0.25, -0.2) is 4.98 Å². The van der Waals surface area contributed by atoms with Gasteiger partial charge >= 0.3 is 0 Å². The molecule has 0 amide bonds. The van der Waals surface area contributed by atoms with Crippen LogP contribution in [-0.2, 0) is 19.6 Å². The maximum atomic E-state index is 13.0. The molecule has 5 nitrogen and oxygen atoms in total. The van der Waals surface area contributed by atoms with Gasteiger partial charge < -0.3 is 0 Å². The second kappa shape index (κ2) is 7.60. The first-order chi connectivity index (χ1) is 13.6. The summed E-state index contributed by atoms with van der Waals surface area (Å²) in [5, 5.41) is 0. The number of hydrogen-bond donors (Lipinski definition) is 0. The van der Waals surface area contributed by atoms with Crippen LogP contribution in [0.3, 0.4) is 0 Å². The van der Waals surface area contributed by atoms with Crippen molar-refractivity contribution in [3.8, 4) is 0 Å². The zero-order valence-electron chi connectivity index (χ0n) is 16.7. The van der Waals surface area contributed by atoms with E-state index in [0.717, 1.165) is 30.3 Å². The Kier molecular flexibility index (Phi) is 5.01. The molecule has 0 saturated carbocycles. The Labute approximate surface area is 165 Å². The van der Waals surface area contributed by atoms with Gasteiger partial charge in [0.15, 0.2) is 0 Å². The molecule has 5 heteroatoms. The van der Waals surface area contributed by atoms with Crippen LogP contribution < -0.4 is 10.5 Å². The van der Waals surface area contributed by atoms with Crippen molar-refractivity contribution in [1.29, 1.82) is 0 Å². The molecule has 3 aromatic rings. The summed E-state index contributed by atoms with van der Waals surface area (Å²) in [6.45, 7) is 7.93. The highest BCUT2D eigenvalue weighted by Crippen LogP contribution is 2.28. The lowest BCUT2D eigenvalue weighted by atomic mass is 10.1. The molecule has 2 aromatic carbocycles. The molecule has 0 spiro atoms. The first-order valence-electron chi connectivity index (χ1n) is 9.77. The van der Waals surface area contributed by atoms with E-state index in [2.05, 4.69) is 65.3 Å². The van der Waals surface area contributed by atoms with Gasteiger partial charge in [-0.2, -0.15) is 0 Å². The Hall–Kier alpha value is -2.92. The highest BCUT2D eigenvalue weighted by Gasteiger charge is 2.27. The van der Waals surface area contributed by atoms with Crippen molar-refractivity contribution in [2.45, 2.75) is 40.4 Å². The summed E-state index contributed by atoms with van der Waals surface area (Å²) in [5.41, 5.74) is 5.13. The van der Waals surface area contributed by atoms with E-state index in [1.54, 1.807) is 4.57 Å². The highest BCUT2D eigenvalue weighted by atomic mass is 16.1. The van der Waals surface area contributed by atoms with Gasteiger partial charge in [0.25, 0.3) is 5.56 Å². The fraction of sp³-hybridized carbons (Fsp3) is 0.304. The minimum Gasteiger partial charge on any atom is -0.298 e. The van der Waals surface area contributed by atoms with Gasteiger partial charge in [0.05, 0.1) is 13.3 Å². The quantitative estimate of drug-likeness (QED) is 0.692. The Morgan fingerprint density at radius 2 is 1.64 bits per heavy atom. The van der Waals surface area contributed by atoms with Gasteiger partial charge in [0, 0.05) is 23.5 Å². The summed E-state index contributed by atoms with van der Waals surface area (Å²) in [5.74, 6) is 0.724. The summed E-state index contributed by atoms with van der Waals surface area (Å²) >= 11 is 0. The lowest BCUT2D eigenvalue weighted by Crippen LogP contribution is -2.47. The van der Waals surface area contributed by atoms with Crippen LogP contribution in [0.15, 0.2) is 59.4 Å². The van der Waals surface area contributed by atoms with Crippen LogP contribution in [0, 0.1) is 13.8 Å². The minimum absolute atomic E-state index is 0.0374. The molecule has 4 rings (SSSR count). The van der Waals surface area contributed by atoms with Crippen molar-refractivity contribution >= 4 is 11.6 Å². The average molecular weight is 374 g/mol. The van der Waals surface area contributed by atoms with Crippen LogP contribution >= 0.6 is 0 Å². The number of aryl methyl sites for hydroxylation is 2. The Bertz CT molecular complexity index is 1020. The van der Waals surface area contributed by atoms with Gasteiger partial charge in [-0.05, 0) is 43.5 Å². The Morgan fingerprint density at radius 1 is 0.929 bits per heavy atom. The maximum absolute atomic E-state index is 13.0. The number of fused-ring (bicyclic) bond motifs is 1. The van der Waals surface area contributed by atoms with Crippen molar-refractivity contribution in [3.05, 3.63) is 87.3 Å². The van der Waals surface area contributed by atoms with Gasteiger partial charge in [0.1, 0.15) is 0 Å². The lowest BCUT2D eigenvalue weighted by molar-refractivity contribution is 0.190. The molecular weight excluding hydrogens is 348 g/mol. The molecule has 0 radical (unpaired) electrons. The molecule has 0 saturated heterocycles. The summed E-state index contributed by atoms with van der Waals surface area (Å²) in [4.78, 5) is 22.2. The Morgan fingerprint density at radius 3 is 2.32 bits per heavy atom. The first kappa shape index (κ1) is 18.4. The molecule has 28 heavy (non-hydrogen) atoms. The highest BCUT2D eigenvalue weighted by molar-refractivity contribution is 5.59. The second-order valence-electron chi connectivity index (χ2n) is 7.40. The smallest absolute Gasteiger partial charge is 0.259 e. The van der Waals surface area contributed by atoms with E-state index in [1.807, 2.05) is 19.9 Å². The fourth-order valence-corrected chi connectivity index (χ4v) is 3.63. The third kappa shape index (κ3) is 3.45.